The Bertz CT molecular complexity index is 1150. The first-order valence-corrected chi connectivity index (χ1v) is 9.02. The molecule has 1 aliphatic rings. The second-order valence-electron chi connectivity index (χ2n) is 6.07. The van der Waals surface area contributed by atoms with E-state index in [1.165, 1.54) is 0 Å². The Hall–Kier alpha value is -3.45. The summed E-state index contributed by atoms with van der Waals surface area (Å²) < 4.78 is 0.858. The lowest BCUT2D eigenvalue weighted by Gasteiger charge is -2.06. The van der Waals surface area contributed by atoms with Gasteiger partial charge in [-0.15, -0.1) is 0 Å². The number of nitrogens with zero attached hydrogens (tertiary/aromatic N) is 2. The summed E-state index contributed by atoms with van der Waals surface area (Å²) in [4.78, 5) is 28.8. The average molecular weight is 377 g/mol. The minimum absolute atomic E-state index is 0.309. The average Bonchev–Trinajstić information content (AvgIpc) is 3.19. The molecule has 0 spiro atoms. The Labute approximate surface area is 158 Å². The molecule has 2 N–H and O–H groups in total. The molecule has 0 saturated heterocycles. The number of carbonyl (C=O) groups excluding carboxylic acids is 1. The molecule has 1 amide bonds. The number of rotatable bonds is 3. The molecule has 0 saturated carbocycles. The Kier molecular flexibility index (Phi) is 4.21. The maximum absolute atomic E-state index is 12.3. The van der Waals surface area contributed by atoms with E-state index in [1.54, 1.807) is 36.6 Å². The third-order valence-electron chi connectivity index (χ3n) is 4.18. The van der Waals surface area contributed by atoms with Gasteiger partial charge >= 0.3 is 4.87 Å². The Morgan fingerprint density at radius 2 is 1.93 bits per heavy atom. The van der Waals surface area contributed by atoms with E-state index in [9.17, 15) is 14.7 Å². The molecule has 0 unspecified atom stereocenters. The minimum atomic E-state index is -0.483. The molecule has 0 atom stereocenters. The van der Waals surface area contributed by atoms with Crippen LogP contribution in [0.4, 0.5) is 5.69 Å². The first-order valence-electron chi connectivity index (χ1n) is 8.21. The van der Waals surface area contributed by atoms with Crippen molar-refractivity contribution in [1.82, 2.24) is 4.68 Å². The van der Waals surface area contributed by atoms with Crippen molar-refractivity contribution in [2.45, 2.75) is 6.92 Å². The van der Waals surface area contributed by atoms with Crippen LogP contribution in [0, 0.1) is 6.92 Å². The van der Waals surface area contributed by atoms with Crippen molar-refractivity contribution < 1.29 is 9.90 Å². The molecular formula is C20H15N3O3S. The normalized spacial score (nSPS) is 13.7. The van der Waals surface area contributed by atoms with Crippen LogP contribution in [0.3, 0.4) is 0 Å². The van der Waals surface area contributed by atoms with E-state index < -0.39 is 10.8 Å². The van der Waals surface area contributed by atoms with Crippen LogP contribution in [0.15, 0.2) is 58.3 Å². The van der Waals surface area contributed by atoms with Crippen LogP contribution in [0.2, 0.25) is 0 Å². The number of benzene rings is 2. The molecule has 6 nitrogen and oxygen atoms in total. The monoisotopic (exact) mass is 377 g/mol. The lowest BCUT2D eigenvalue weighted by atomic mass is 10.1. The molecule has 134 valence electrons. The van der Waals surface area contributed by atoms with Crippen molar-refractivity contribution in [3.8, 4) is 5.88 Å². The zero-order valence-corrected chi connectivity index (χ0v) is 15.2. The Balaban J connectivity index is 1.64. The van der Waals surface area contributed by atoms with Crippen LogP contribution in [-0.2, 0) is 0 Å². The van der Waals surface area contributed by atoms with Crippen LogP contribution in [0.25, 0.3) is 11.6 Å². The lowest BCUT2D eigenvalue weighted by Crippen LogP contribution is -2.29. The fourth-order valence-corrected chi connectivity index (χ4v) is 3.52. The third-order valence-corrected chi connectivity index (χ3v) is 5.06. The van der Waals surface area contributed by atoms with Gasteiger partial charge in [-0.1, -0.05) is 47.2 Å². The SMILES string of the molecule is Cc1ccc(C(=O)Nn2c(O)c(/C=C3\C=Nc4ccccc43)sc2=O)cc1. The third kappa shape index (κ3) is 3.20. The van der Waals surface area contributed by atoms with Gasteiger partial charge in [0.05, 0.1) is 10.6 Å². The zero-order chi connectivity index (χ0) is 19.0. The van der Waals surface area contributed by atoms with Crippen LogP contribution in [-0.4, -0.2) is 21.9 Å². The summed E-state index contributed by atoms with van der Waals surface area (Å²) in [5.41, 5.74) is 6.41. The number of allylic oxidation sites excluding steroid dienone is 1. The van der Waals surface area contributed by atoms with Crippen molar-refractivity contribution in [2.24, 2.45) is 4.99 Å². The number of hydrogen-bond acceptors (Lipinski definition) is 5. The van der Waals surface area contributed by atoms with Gasteiger partial charge in [0, 0.05) is 22.9 Å². The smallest absolute Gasteiger partial charge is 0.329 e. The van der Waals surface area contributed by atoms with Gasteiger partial charge in [0.25, 0.3) is 5.91 Å². The van der Waals surface area contributed by atoms with Crippen LogP contribution < -0.4 is 10.3 Å². The van der Waals surface area contributed by atoms with Gasteiger partial charge < -0.3 is 5.11 Å². The van der Waals surface area contributed by atoms with Crippen molar-refractivity contribution in [2.75, 3.05) is 5.43 Å². The molecule has 0 aliphatic carbocycles. The van der Waals surface area contributed by atoms with Crippen molar-refractivity contribution in [3.05, 3.63) is 79.8 Å². The number of carbonyl (C=O) groups is 1. The van der Waals surface area contributed by atoms with Gasteiger partial charge in [0.2, 0.25) is 5.88 Å². The molecule has 1 aliphatic heterocycles. The highest BCUT2D eigenvalue weighted by molar-refractivity contribution is 7.10. The summed E-state index contributed by atoms with van der Waals surface area (Å²) >= 11 is 0.847. The number of aromatic nitrogens is 1. The van der Waals surface area contributed by atoms with Crippen LogP contribution >= 0.6 is 11.3 Å². The fraction of sp³-hybridized carbons (Fsp3) is 0.0500. The summed E-state index contributed by atoms with van der Waals surface area (Å²) in [6.45, 7) is 1.92. The quantitative estimate of drug-likeness (QED) is 0.732. The molecule has 3 aromatic rings. The van der Waals surface area contributed by atoms with Gasteiger partial charge in [0.15, 0.2) is 0 Å². The van der Waals surface area contributed by atoms with E-state index in [1.807, 2.05) is 31.2 Å². The number of nitrogens with one attached hydrogen (secondary N) is 1. The number of hydrogen-bond donors (Lipinski definition) is 2. The van der Waals surface area contributed by atoms with Gasteiger partial charge in [-0.25, -0.2) is 0 Å². The largest absolute Gasteiger partial charge is 0.492 e. The van der Waals surface area contributed by atoms with Crippen molar-refractivity contribution >= 4 is 40.8 Å². The second-order valence-corrected chi connectivity index (χ2v) is 7.07. The summed E-state index contributed by atoms with van der Waals surface area (Å²) in [5, 5.41) is 10.4. The summed E-state index contributed by atoms with van der Waals surface area (Å²) in [6, 6.07) is 14.5. The molecule has 0 fully saturated rings. The lowest BCUT2D eigenvalue weighted by molar-refractivity contribution is 0.100. The van der Waals surface area contributed by atoms with E-state index >= 15 is 0 Å². The summed E-state index contributed by atoms with van der Waals surface area (Å²) in [7, 11) is 0. The van der Waals surface area contributed by atoms with Gasteiger partial charge in [0.1, 0.15) is 0 Å². The van der Waals surface area contributed by atoms with E-state index in [4.69, 9.17) is 0 Å². The molecule has 0 bridgehead atoms. The van der Waals surface area contributed by atoms with E-state index in [-0.39, 0.29) is 5.88 Å². The predicted octanol–water partition coefficient (Wildman–Crippen LogP) is 3.56. The predicted molar refractivity (Wildman–Crippen MR) is 108 cm³/mol. The number of aryl methyl sites for hydroxylation is 1. The number of para-hydroxylation sites is 1. The van der Waals surface area contributed by atoms with E-state index in [0.717, 1.165) is 38.4 Å². The first-order chi connectivity index (χ1) is 13.0. The molecule has 7 heteroatoms. The number of amides is 1. The standard InChI is InChI=1S/C20H15N3O3S/c1-12-6-8-13(9-7-12)18(24)22-23-19(25)17(27-20(23)26)10-14-11-21-16-5-3-2-4-15(14)16/h2-11,25H,1H3,(H,22,24)/b14-10+. The Morgan fingerprint density at radius 3 is 2.70 bits per heavy atom. The highest BCUT2D eigenvalue weighted by Crippen LogP contribution is 2.34. The molecule has 2 aromatic carbocycles. The number of fused-ring (bicyclic) bond motifs is 1. The summed E-state index contributed by atoms with van der Waals surface area (Å²) in [5.74, 6) is -0.784. The number of thiazole rings is 1. The van der Waals surface area contributed by atoms with Crippen LogP contribution in [0.5, 0.6) is 5.88 Å². The topological polar surface area (TPSA) is 83.7 Å². The van der Waals surface area contributed by atoms with Gasteiger partial charge in [-0.2, -0.15) is 4.68 Å². The number of aromatic hydroxyl groups is 1. The molecule has 0 radical (unpaired) electrons. The molecule has 4 rings (SSSR count). The summed E-state index contributed by atoms with van der Waals surface area (Å²) in [6.07, 6.45) is 3.37. The highest BCUT2D eigenvalue weighted by Gasteiger charge is 2.18. The maximum atomic E-state index is 12.3. The Morgan fingerprint density at radius 1 is 1.19 bits per heavy atom. The van der Waals surface area contributed by atoms with E-state index in [2.05, 4.69) is 10.4 Å². The number of aliphatic imine (C=N–C) groups is 1. The van der Waals surface area contributed by atoms with E-state index in [0.29, 0.717) is 10.4 Å². The van der Waals surface area contributed by atoms with Gasteiger partial charge in [-0.3, -0.25) is 20.0 Å². The molecule has 2 heterocycles. The first kappa shape index (κ1) is 17.0. The van der Waals surface area contributed by atoms with Crippen molar-refractivity contribution in [1.29, 1.82) is 0 Å². The molecule has 27 heavy (non-hydrogen) atoms. The zero-order valence-electron chi connectivity index (χ0n) is 14.3. The highest BCUT2D eigenvalue weighted by atomic mass is 32.1. The second kappa shape index (κ2) is 6.69. The van der Waals surface area contributed by atoms with Crippen LogP contribution in [0.1, 0.15) is 26.4 Å². The van der Waals surface area contributed by atoms with Gasteiger partial charge in [-0.05, 0) is 31.2 Å². The van der Waals surface area contributed by atoms with Crippen molar-refractivity contribution in [3.63, 3.8) is 0 Å². The fourth-order valence-electron chi connectivity index (χ4n) is 2.74. The molecule has 1 aromatic heterocycles. The maximum Gasteiger partial charge on any atom is 0.329 e. The molecular weight excluding hydrogens is 362 g/mol. The minimum Gasteiger partial charge on any atom is -0.492 e.